The highest BCUT2D eigenvalue weighted by atomic mass is 32.1. The lowest BCUT2D eigenvalue weighted by Crippen LogP contribution is -2.38. The van der Waals surface area contributed by atoms with Crippen molar-refractivity contribution in [1.29, 1.82) is 0 Å². The Morgan fingerprint density at radius 2 is 2.14 bits per heavy atom. The molecule has 0 spiro atoms. The molecule has 0 bridgehead atoms. The number of hydrogen-bond donors (Lipinski definition) is 3. The number of thiophene rings is 1. The molecular weight excluding hydrogens is 290 g/mol. The molecule has 0 aliphatic carbocycles. The van der Waals surface area contributed by atoms with Gasteiger partial charge < -0.3 is 15.3 Å². The molecule has 1 atom stereocenters. The first-order valence-corrected chi connectivity index (χ1v) is 7.48. The summed E-state index contributed by atoms with van der Waals surface area (Å²) in [4.78, 5) is 14.6. The fourth-order valence-electron chi connectivity index (χ4n) is 2.73. The van der Waals surface area contributed by atoms with E-state index in [1.807, 2.05) is 16.3 Å². The number of carbonyl (C=O) groups is 1. The molecular formula is C15H15NO4S. The van der Waals surface area contributed by atoms with Gasteiger partial charge in [-0.1, -0.05) is 6.07 Å². The summed E-state index contributed by atoms with van der Waals surface area (Å²) in [6.45, 7) is 0.961. The zero-order chi connectivity index (χ0) is 15.0. The van der Waals surface area contributed by atoms with E-state index in [9.17, 15) is 20.1 Å². The van der Waals surface area contributed by atoms with Gasteiger partial charge in [-0.05, 0) is 29.5 Å². The number of phenolic OH excluding ortho intramolecular Hbond substituents is 2. The van der Waals surface area contributed by atoms with Crippen molar-refractivity contribution in [2.45, 2.75) is 19.0 Å². The lowest BCUT2D eigenvalue weighted by Gasteiger charge is -2.33. The van der Waals surface area contributed by atoms with Crippen LogP contribution in [0.4, 0.5) is 0 Å². The molecule has 21 heavy (non-hydrogen) atoms. The molecule has 1 aliphatic heterocycles. The molecule has 2 heterocycles. The summed E-state index contributed by atoms with van der Waals surface area (Å²) < 4.78 is 0. The minimum atomic E-state index is -0.882. The van der Waals surface area contributed by atoms with Crippen LogP contribution < -0.4 is 0 Å². The highest BCUT2D eigenvalue weighted by Crippen LogP contribution is 2.35. The smallest absolute Gasteiger partial charge is 0.325 e. The van der Waals surface area contributed by atoms with Crippen LogP contribution >= 0.6 is 11.3 Å². The van der Waals surface area contributed by atoms with Crippen LogP contribution in [0.15, 0.2) is 29.6 Å². The normalized spacial score (nSPS) is 18.4. The van der Waals surface area contributed by atoms with Gasteiger partial charge in [0, 0.05) is 29.6 Å². The van der Waals surface area contributed by atoms with Crippen molar-refractivity contribution >= 4 is 17.3 Å². The quantitative estimate of drug-likeness (QED) is 0.811. The van der Waals surface area contributed by atoms with Crippen molar-refractivity contribution in [3.8, 4) is 11.5 Å². The molecule has 3 N–H and O–H groups in total. The van der Waals surface area contributed by atoms with Crippen molar-refractivity contribution in [3.63, 3.8) is 0 Å². The van der Waals surface area contributed by atoms with Gasteiger partial charge in [-0.2, -0.15) is 0 Å². The van der Waals surface area contributed by atoms with Gasteiger partial charge in [-0.3, -0.25) is 9.69 Å². The minimum absolute atomic E-state index is 0.00944. The Kier molecular flexibility index (Phi) is 3.57. The summed E-state index contributed by atoms with van der Waals surface area (Å²) in [5.74, 6) is -0.910. The Hall–Kier alpha value is -2.05. The average Bonchev–Trinajstić information content (AvgIpc) is 2.89. The molecule has 0 amide bonds. The highest BCUT2D eigenvalue weighted by Gasteiger charge is 2.33. The number of rotatable bonds is 3. The first kappa shape index (κ1) is 13.9. The third-order valence-corrected chi connectivity index (χ3v) is 4.74. The summed E-state index contributed by atoms with van der Waals surface area (Å²) in [6, 6.07) is 5.55. The van der Waals surface area contributed by atoms with E-state index in [-0.39, 0.29) is 11.5 Å². The van der Waals surface area contributed by atoms with Crippen LogP contribution in [0.2, 0.25) is 0 Å². The lowest BCUT2D eigenvalue weighted by molar-refractivity contribution is -0.144. The topological polar surface area (TPSA) is 81.0 Å². The van der Waals surface area contributed by atoms with Crippen molar-refractivity contribution in [2.24, 2.45) is 0 Å². The Morgan fingerprint density at radius 3 is 2.86 bits per heavy atom. The van der Waals surface area contributed by atoms with Crippen molar-refractivity contribution < 1.29 is 20.1 Å². The molecule has 1 aliphatic rings. The summed E-state index contributed by atoms with van der Waals surface area (Å²) in [5.41, 5.74) is 1.45. The molecule has 0 radical (unpaired) electrons. The second-order valence-electron chi connectivity index (χ2n) is 5.07. The number of fused-ring (bicyclic) bond motifs is 1. The van der Waals surface area contributed by atoms with Crippen LogP contribution in [0, 0.1) is 0 Å². The van der Waals surface area contributed by atoms with Gasteiger partial charge in [0.1, 0.15) is 17.5 Å². The molecule has 3 rings (SSSR count). The van der Waals surface area contributed by atoms with Crippen molar-refractivity contribution in [2.75, 3.05) is 6.54 Å². The fourth-order valence-corrected chi connectivity index (χ4v) is 3.64. The molecule has 0 saturated carbocycles. The maximum atomic E-state index is 11.6. The summed E-state index contributed by atoms with van der Waals surface area (Å²) in [7, 11) is 0. The van der Waals surface area contributed by atoms with E-state index < -0.39 is 12.0 Å². The molecule has 1 aromatic heterocycles. The van der Waals surface area contributed by atoms with Gasteiger partial charge in [0.25, 0.3) is 0 Å². The molecule has 6 heteroatoms. The first-order chi connectivity index (χ1) is 10.1. The van der Waals surface area contributed by atoms with Crippen LogP contribution in [0.25, 0.3) is 0 Å². The Balaban J connectivity index is 1.90. The van der Waals surface area contributed by atoms with E-state index >= 15 is 0 Å². The average molecular weight is 305 g/mol. The predicted molar refractivity (Wildman–Crippen MR) is 78.6 cm³/mol. The van der Waals surface area contributed by atoms with E-state index in [2.05, 4.69) is 0 Å². The third-order valence-electron chi connectivity index (χ3n) is 3.74. The van der Waals surface area contributed by atoms with Gasteiger partial charge in [0.05, 0.1) is 0 Å². The molecule has 0 saturated heterocycles. The molecule has 110 valence electrons. The largest absolute Gasteiger partial charge is 0.508 e. The van der Waals surface area contributed by atoms with Crippen LogP contribution in [0.5, 0.6) is 11.5 Å². The van der Waals surface area contributed by atoms with Crippen molar-refractivity contribution in [1.82, 2.24) is 4.90 Å². The Morgan fingerprint density at radius 1 is 1.33 bits per heavy atom. The SMILES string of the molecule is O=C(O)C1c2ccsc2CCN1Cc1ccc(O)cc1O. The molecule has 0 fully saturated rings. The van der Waals surface area contributed by atoms with Crippen molar-refractivity contribution in [3.05, 3.63) is 45.6 Å². The number of hydrogen-bond acceptors (Lipinski definition) is 5. The van der Waals surface area contributed by atoms with Gasteiger partial charge >= 0.3 is 5.97 Å². The number of carboxylic acids is 1. The fraction of sp³-hybridized carbons (Fsp3) is 0.267. The number of phenols is 2. The van der Waals surface area contributed by atoms with Crippen LogP contribution in [0.3, 0.4) is 0 Å². The zero-order valence-electron chi connectivity index (χ0n) is 11.2. The summed E-state index contributed by atoms with van der Waals surface area (Å²) in [5, 5.41) is 30.6. The van der Waals surface area contributed by atoms with Crippen LogP contribution in [-0.2, 0) is 17.8 Å². The maximum absolute atomic E-state index is 11.6. The van der Waals surface area contributed by atoms with Crippen LogP contribution in [0.1, 0.15) is 22.0 Å². The van der Waals surface area contributed by atoms with Gasteiger partial charge in [-0.25, -0.2) is 0 Å². The summed E-state index contributed by atoms with van der Waals surface area (Å²) in [6.07, 6.45) is 0.815. The number of carboxylic acid groups (broad SMARTS) is 1. The van der Waals surface area contributed by atoms with Gasteiger partial charge in [0.15, 0.2) is 0 Å². The van der Waals surface area contributed by atoms with E-state index in [0.29, 0.717) is 18.7 Å². The van der Waals surface area contributed by atoms with E-state index in [1.165, 1.54) is 12.1 Å². The number of nitrogens with zero attached hydrogens (tertiary/aromatic N) is 1. The maximum Gasteiger partial charge on any atom is 0.325 e. The zero-order valence-corrected chi connectivity index (χ0v) is 12.0. The second kappa shape index (κ2) is 5.38. The highest BCUT2D eigenvalue weighted by molar-refractivity contribution is 7.10. The van der Waals surface area contributed by atoms with Gasteiger partial charge in [-0.15, -0.1) is 11.3 Å². The van der Waals surface area contributed by atoms with E-state index in [4.69, 9.17) is 0 Å². The standard InChI is InChI=1S/C15H15NO4S/c17-10-2-1-9(12(18)7-10)8-16-5-3-13-11(4-6-21-13)14(16)15(19)20/h1-2,4,6-7,14,17-18H,3,5,8H2,(H,19,20). The molecule has 2 aromatic rings. The predicted octanol–water partition coefficient (Wildman–Crippen LogP) is 2.34. The number of aliphatic carboxylic acids is 1. The Labute approximate surface area is 125 Å². The molecule has 5 nitrogen and oxygen atoms in total. The lowest BCUT2D eigenvalue weighted by atomic mass is 9.99. The van der Waals surface area contributed by atoms with E-state index in [1.54, 1.807) is 17.4 Å². The number of aromatic hydroxyl groups is 2. The molecule has 1 unspecified atom stereocenters. The number of benzene rings is 1. The monoisotopic (exact) mass is 305 g/mol. The Bertz CT molecular complexity index is 682. The minimum Gasteiger partial charge on any atom is -0.508 e. The first-order valence-electron chi connectivity index (χ1n) is 6.60. The summed E-state index contributed by atoms with van der Waals surface area (Å²) >= 11 is 1.59. The van der Waals surface area contributed by atoms with Crippen LogP contribution in [-0.4, -0.2) is 32.7 Å². The van der Waals surface area contributed by atoms with E-state index in [0.717, 1.165) is 16.9 Å². The second-order valence-corrected chi connectivity index (χ2v) is 6.07. The third kappa shape index (κ3) is 2.59. The van der Waals surface area contributed by atoms with Gasteiger partial charge in [0.2, 0.25) is 0 Å². The molecule has 1 aromatic carbocycles.